The van der Waals surface area contributed by atoms with Crippen LogP contribution in [0.3, 0.4) is 0 Å². The van der Waals surface area contributed by atoms with Crippen LogP contribution in [0.2, 0.25) is 0 Å². The highest BCUT2D eigenvalue weighted by Crippen LogP contribution is 2.41. The number of piperidine rings is 1. The minimum atomic E-state index is -0.600. The Kier molecular flexibility index (Phi) is 13.3. The number of likely N-dealkylation sites (tertiary alicyclic amines) is 1. The largest absolute Gasteiger partial charge is 0.392 e. The summed E-state index contributed by atoms with van der Waals surface area (Å²) in [5.41, 5.74) is 6.41. The van der Waals surface area contributed by atoms with Gasteiger partial charge in [0.05, 0.1) is 25.5 Å². The molecule has 3 unspecified atom stereocenters. The van der Waals surface area contributed by atoms with Gasteiger partial charge in [0.2, 0.25) is 17.7 Å². The highest BCUT2D eigenvalue weighted by atomic mass is 16.7. The summed E-state index contributed by atoms with van der Waals surface area (Å²) in [6.45, 7) is 5.38. The molecule has 3 amide bonds. The van der Waals surface area contributed by atoms with Crippen LogP contribution in [-0.4, -0.2) is 72.2 Å². The average Bonchev–Trinajstić information content (AvgIpc) is 3.56. The number of unbranched alkanes of at least 4 members (excludes halogenated alkanes) is 2. The van der Waals surface area contributed by atoms with E-state index in [0.717, 1.165) is 90.8 Å². The van der Waals surface area contributed by atoms with Gasteiger partial charge in [0, 0.05) is 63.7 Å². The van der Waals surface area contributed by atoms with E-state index < -0.39 is 11.8 Å². The van der Waals surface area contributed by atoms with Crippen LogP contribution in [0.5, 0.6) is 0 Å². The molecule has 7 rings (SSSR count). The average molecular weight is 774 g/mol. The number of amides is 3. The van der Waals surface area contributed by atoms with E-state index in [1.165, 1.54) is 6.92 Å². The number of nitrogens with one attached hydrogen (secondary N) is 3. The molecule has 3 fully saturated rings. The zero-order chi connectivity index (χ0) is 39.6. The van der Waals surface area contributed by atoms with E-state index in [1.807, 2.05) is 66.7 Å². The maximum atomic E-state index is 13.3. The molecular weight excluding hydrogens is 719 g/mol. The molecule has 4 N–H and O–H groups in total. The van der Waals surface area contributed by atoms with Gasteiger partial charge in [-0.05, 0) is 77.8 Å². The molecule has 11 heteroatoms. The lowest BCUT2D eigenvalue weighted by Gasteiger charge is -2.45. The van der Waals surface area contributed by atoms with Gasteiger partial charge < -0.3 is 40.3 Å². The Bertz CT molecular complexity index is 1970. The quantitative estimate of drug-likeness (QED) is 0.106. The molecule has 0 saturated carbocycles. The minimum absolute atomic E-state index is 0.0151. The van der Waals surface area contributed by atoms with Gasteiger partial charge in [0.25, 0.3) is 0 Å². The fourth-order valence-corrected chi connectivity index (χ4v) is 8.33. The second kappa shape index (κ2) is 18.9. The summed E-state index contributed by atoms with van der Waals surface area (Å²) in [5, 5.41) is 18.6. The van der Waals surface area contributed by atoms with Crippen molar-refractivity contribution in [3.05, 3.63) is 125 Å². The van der Waals surface area contributed by atoms with Crippen molar-refractivity contribution >= 4 is 23.4 Å². The lowest BCUT2D eigenvalue weighted by Crippen LogP contribution is -2.57. The summed E-state index contributed by atoms with van der Waals surface area (Å²) < 4.78 is 13.5. The van der Waals surface area contributed by atoms with Gasteiger partial charge in [-0.15, -0.1) is 0 Å². The van der Waals surface area contributed by atoms with Crippen LogP contribution in [-0.2, 0) is 37.0 Å². The Morgan fingerprint density at radius 2 is 1.58 bits per heavy atom. The topological polar surface area (TPSA) is 132 Å². The van der Waals surface area contributed by atoms with E-state index in [4.69, 9.17) is 9.47 Å². The minimum Gasteiger partial charge on any atom is -0.392 e. The second-order valence-electron chi connectivity index (χ2n) is 15.5. The van der Waals surface area contributed by atoms with Crippen LogP contribution in [0.25, 0.3) is 11.1 Å². The number of aliphatic hydroxyl groups is 1. The van der Waals surface area contributed by atoms with Crippen molar-refractivity contribution in [2.75, 3.05) is 37.7 Å². The number of carbonyl (C=O) groups is 3. The number of rotatable bonds is 15. The smallest absolute Gasteiger partial charge is 0.247 e. The Hall–Kier alpha value is -5.07. The molecule has 0 aromatic heterocycles. The molecule has 4 aromatic carbocycles. The van der Waals surface area contributed by atoms with Gasteiger partial charge in [-0.3, -0.25) is 14.4 Å². The van der Waals surface area contributed by atoms with E-state index in [-0.39, 0.29) is 36.5 Å². The first-order valence-corrected chi connectivity index (χ1v) is 20.3. The van der Waals surface area contributed by atoms with Crippen LogP contribution < -0.4 is 20.9 Å². The van der Waals surface area contributed by atoms with Gasteiger partial charge in [0.15, 0.2) is 6.29 Å². The molecule has 4 aromatic rings. The molecule has 300 valence electrons. The first-order valence-electron chi connectivity index (χ1n) is 20.3. The van der Waals surface area contributed by atoms with Gasteiger partial charge in [-0.1, -0.05) is 85.3 Å². The molecule has 3 aliphatic heterocycles. The summed E-state index contributed by atoms with van der Waals surface area (Å²) in [4.78, 5) is 41.5. The van der Waals surface area contributed by atoms with E-state index in [2.05, 4.69) is 62.1 Å². The van der Waals surface area contributed by atoms with Crippen molar-refractivity contribution in [1.29, 1.82) is 0 Å². The first kappa shape index (κ1) is 40.1. The fraction of sp³-hybridized carbons (Fsp3) is 0.413. The molecule has 3 atom stereocenters. The fourth-order valence-electron chi connectivity index (χ4n) is 8.33. The van der Waals surface area contributed by atoms with Crippen molar-refractivity contribution in [1.82, 2.24) is 20.9 Å². The lowest BCUT2D eigenvalue weighted by atomic mass is 9.85. The van der Waals surface area contributed by atoms with Crippen molar-refractivity contribution < 1.29 is 29.0 Å². The number of benzene rings is 4. The molecule has 0 bridgehead atoms. The zero-order valence-corrected chi connectivity index (χ0v) is 32.8. The predicted octanol–water partition coefficient (Wildman–Crippen LogP) is 6.13. The number of nitrogens with zero attached hydrogens (tertiary/aromatic N) is 2. The molecular formula is C46H55N5O6. The zero-order valence-electron chi connectivity index (χ0n) is 32.8. The SMILES string of the molecule is CC(=O)NCCCCCC(=O)NCc1cccc(-c2cccc(C3OC(CN4CCC5(CC4)C(=O)NCN5c4ccccc4)CC(c4ccc(CO)cc4)O3)c2)c1. The van der Waals surface area contributed by atoms with Crippen molar-refractivity contribution in [3.63, 3.8) is 0 Å². The van der Waals surface area contributed by atoms with E-state index >= 15 is 0 Å². The highest BCUT2D eigenvalue weighted by Gasteiger charge is 2.50. The number of aliphatic hydroxyl groups excluding tert-OH is 1. The Morgan fingerprint density at radius 3 is 2.33 bits per heavy atom. The van der Waals surface area contributed by atoms with Crippen molar-refractivity contribution in [2.45, 2.75) is 89.1 Å². The lowest BCUT2D eigenvalue weighted by molar-refractivity contribution is -0.253. The third kappa shape index (κ3) is 10.1. The van der Waals surface area contributed by atoms with Crippen molar-refractivity contribution in [3.8, 4) is 11.1 Å². The van der Waals surface area contributed by atoms with Gasteiger partial charge in [0.1, 0.15) is 5.54 Å². The maximum absolute atomic E-state index is 13.3. The molecule has 3 saturated heterocycles. The summed E-state index contributed by atoms with van der Waals surface area (Å²) in [7, 11) is 0. The standard InChI is InChI=1S/C46H55N5O6/c1-33(53)47-23-7-3-6-16-43(54)48-29-35-10-8-11-37(26-35)38-12-9-13-39(27-38)44-56-41(28-42(57-44)36-19-17-34(31-52)18-20-36)30-50-24-21-46(22-25-50)45(55)49-32-51(46)40-14-4-2-5-15-40/h2,4-5,8-15,17-20,26-27,41-42,44,52H,3,6-7,16,21-25,28-32H2,1H3,(H,47,53)(H,48,54)(H,49,55). The normalized spacial score (nSPS) is 20.6. The van der Waals surface area contributed by atoms with Crippen LogP contribution in [0.4, 0.5) is 5.69 Å². The van der Waals surface area contributed by atoms with Crippen LogP contribution >= 0.6 is 0 Å². The molecule has 1 spiro atoms. The summed E-state index contributed by atoms with van der Waals surface area (Å²) in [6.07, 6.45) is 4.21. The van der Waals surface area contributed by atoms with Gasteiger partial charge in [-0.25, -0.2) is 0 Å². The molecule has 3 heterocycles. The van der Waals surface area contributed by atoms with Crippen LogP contribution in [0.1, 0.15) is 86.5 Å². The third-order valence-corrected chi connectivity index (χ3v) is 11.5. The number of hydrogen-bond acceptors (Lipinski definition) is 8. The van der Waals surface area contributed by atoms with E-state index in [1.54, 1.807) is 0 Å². The molecule has 57 heavy (non-hydrogen) atoms. The number of hydrogen-bond donors (Lipinski definition) is 4. The van der Waals surface area contributed by atoms with E-state index in [0.29, 0.717) is 32.6 Å². The number of anilines is 1. The summed E-state index contributed by atoms with van der Waals surface area (Å²) in [5.74, 6) is 0.0982. The molecule has 3 aliphatic rings. The first-order chi connectivity index (χ1) is 27.8. The molecule has 0 radical (unpaired) electrons. The molecule has 0 aliphatic carbocycles. The number of ether oxygens (including phenoxy) is 2. The highest BCUT2D eigenvalue weighted by molar-refractivity contribution is 5.93. The van der Waals surface area contributed by atoms with Crippen LogP contribution in [0.15, 0.2) is 103 Å². The second-order valence-corrected chi connectivity index (χ2v) is 15.5. The van der Waals surface area contributed by atoms with Crippen LogP contribution in [0, 0.1) is 0 Å². The number of carbonyl (C=O) groups excluding carboxylic acids is 3. The number of para-hydroxylation sites is 1. The monoisotopic (exact) mass is 773 g/mol. The van der Waals surface area contributed by atoms with Gasteiger partial charge in [-0.2, -0.15) is 0 Å². The Balaban J connectivity index is 1.01. The summed E-state index contributed by atoms with van der Waals surface area (Å²) >= 11 is 0. The predicted molar refractivity (Wildman–Crippen MR) is 220 cm³/mol. The summed E-state index contributed by atoms with van der Waals surface area (Å²) in [6, 6.07) is 34.6. The third-order valence-electron chi connectivity index (χ3n) is 11.5. The van der Waals surface area contributed by atoms with E-state index in [9.17, 15) is 19.5 Å². The van der Waals surface area contributed by atoms with Gasteiger partial charge >= 0.3 is 0 Å². The maximum Gasteiger partial charge on any atom is 0.247 e. The van der Waals surface area contributed by atoms with Crippen molar-refractivity contribution in [2.24, 2.45) is 0 Å². The Labute approximate surface area is 335 Å². The molecule has 11 nitrogen and oxygen atoms in total. The Morgan fingerprint density at radius 1 is 0.825 bits per heavy atom.